The fourth-order valence-corrected chi connectivity index (χ4v) is 2.91. The number of rotatable bonds is 3. The highest BCUT2D eigenvalue weighted by Gasteiger charge is 2.33. The van der Waals surface area contributed by atoms with Crippen LogP contribution in [0.1, 0.15) is 23.1 Å². The molecule has 142 valence electrons. The van der Waals surface area contributed by atoms with Crippen molar-refractivity contribution in [1.29, 1.82) is 0 Å². The second-order valence-corrected chi connectivity index (χ2v) is 6.51. The SMILES string of the molecule is Cc1ccc(NC(=O)C[C@@H]2Nc3ccc(C(F)(F)F)cc3NC2=O)c(C)c1. The Bertz CT molecular complexity index is 910. The lowest BCUT2D eigenvalue weighted by atomic mass is 10.1. The Hall–Kier alpha value is -3.03. The smallest absolute Gasteiger partial charge is 0.372 e. The van der Waals surface area contributed by atoms with Gasteiger partial charge in [0.15, 0.2) is 0 Å². The van der Waals surface area contributed by atoms with E-state index in [1.807, 2.05) is 26.0 Å². The molecule has 2 aromatic carbocycles. The van der Waals surface area contributed by atoms with Gasteiger partial charge in [-0.3, -0.25) is 9.59 Å². The molecule has 0 radical (unpaired) electrons. The Morgan fingerprint density at radius 1 is 1.11 bits per heavy atom. The molecule has 0 fully saturated rings. The van der Waals surface area contributed by atoms with Gasteiger partial charge in [-0.2, -0.15) is 13.2 Å². The predicted octanol–water partition coefficient (Wildman–Crippen LogP) is 4.08. The van der Waals surface area contributed by atoms with Crippen LogP contribution in [0, 0.1) is 13.8 Å². The van der Waals surface area contributed by atoms with Crippen molar-refractivity contribution in [2.24, 2.45) is 0 Å². The molecule has 0 aliphatic carbocycles. The van der Waals surface area contributed by atoms with Crippen molar-refractivity contribution in [2.75, 3.05) is 16.0 Å². The molecule has 3 rings (SSSR count). The number of hydrogen-bond donors (Lipinski definition) is 3. The van der Waals surface area contributed by atoms with E-state index in [-0.39, 0.29) is 18.0 Å². The summed E-state index contributed by atoms with van der Waals surface area (Å²) in [6.45, 7) is 3.80. The third kappa shape index (κ3) is 4.21. The molecule has 0 unspecified atom stereocenters. The molecule has 3 N–H and O–H groups in total. The first-order chi connectivity index (χ1) is 12.6. The van der Waals surface area contributed by atoms with Gasteiger partial charge in [0.25, 0.3) is 0 Å². The van der Waals surface area contributed by atoms with Crippen LogP contribution < -0.4 is 16.0 Å². The maximum atomic E-state index is 12.8. The number of alkyl halides is 3. The zero-order valence-corrected chi connectivity index (χ0v) is 14.7. The Kier molecular flexibility index (Phi) is 4.82. The van der Waals surface area contributed by atoms with Crippen LogP contribution in [0.5, 0.6) is 0 Å². The summed E-state index contributed by atoms with van der Waals surface area (Å²) in [7, 11) is 0. The molecule has 0 spiro atoms. The topological polar surface area (TPSA) is 70.2 Å². The van der Waals surface area contributed by atoms with Crippen molar-refractivity contribution in [2.45, 2.75) is 32.5 Å². The molecule has 0 aromatic heterocycles. The zero-order chi connectivity index (χ0) is 19.8. The van der Waals surface area contributed by atoms with E-state index in [0.29, 0.717) is 11.4 Å². The molecule has 1 aliphatic rings. The summed E-state index contributed by atoms with van der Waals surface area (Å²) in [5.74, 6) is -0.928. The zero-order valence-electron chi connectivity index (χ0n) is 14.7. The fraction of sp³-hybridized carbons (Fsp3) is 0.263. The van der Waals surface area contributed by atoms with E-state index in [2.05, 4.69) is 16.0 Å². The van der Waals surface area contributed by atoms with Crippen molar-refractivity contribution >= 4 is 28.9 Å². The second-order valence-electron chi connectivity index (χ2n) is 6.51. The number of carbonyl (C=O) groups excluding carboxylic acids is 2. The number of halogens is 3. The number of amides is 2. The van der Waals surface area contributed by atoms with E-state index in [4.69, 9.17) is 0 Å². The van der Waals surface area contributed by atoms with Crippen LogP contribution in [0.3, 0.4) is 0 Å². The highest BCUT2D eigenvalue weighted by atomic mass is 19.4. The first kappa shape index (κ1) is 18.8. The number of hydrogen-bond acceptors (Lipinski definition) is 3. The Labute approximate surface area is 154 Å². The van der Waals surface area contributed by atoms with Crippen molar-refractivity contribution in [1.82, 2.24) is 0 Å². The normalized spacial score (nSPS) is 16.2. The molecule has 1 heterocycles. The number of carbonyl (C=O) groups is 2. The third-order valence-electron chi connectivity index (χ3n) is 4.30. The summed E-state index contributed by atoms with van der Waals surface area (Å²) in [6, 6.07) is 7.73. The second kappa shape index (κ2) is 6.94. The van der Waals surface area contributed by atoms with Gasteiger partial charge in [0.05, 0.1) is 23.4 Å². The Balaban J connectivity index is 1.70. The van der Waals surface area contributed by atoms with Crippen LogP contribution in [0.25, 0.3) is 0 Å². The molecule has 27 heavy (non-hydrogen) atoms. The molecule has 0 saturated carbocycles. The lowest BCUT2D eigenvalue weighted by Crippen LogP contribution is -2.41. The molecule has 1 aliphatic heterocycles. The van der Waals surface area contributed by atoms with E-state index in [0.717, 1.165) is 23.3 Å². The van der Waals surface area contributed by atoms with Crippen LogP contribution in [0.15, 0.2) is 36.4 Å². The molecule has 2 aromatic rings. The molecular formula is C19H18F3N3O2. The quantitative estimate of drug-likeness (QED) is 0.755. The molecule has 0 bridgehead atoms. The van der Waals surface area contributed by atoms with Crippen LogP contribution in [0.4, 0.5) is 30.2 Å². The number of anilines is 3. The molecule has 0 saturated heterocycles. The lowest BCUT2D eigenvalue weighted by Gasteiger charge is -2.27. The number of aryl methyl sites for hydroxylation is 2. The van der Waals surface area contributed by atoms with Gasteiger partial charge in [-0.1, -0.05) is 17.7 Å². The summed E-state index contributed by atoms with van der Waals surface area (Å²) in [6.07, 6.45) is -4.65. The standard InChI is InChI=1S/C19H18F3N3O2/c1-10-3-5-13(11(2)7-10)24-17(26)9-16-18(27)25-15-8-12(19(20,21)22)4-6-14(15)23-16/h3-8,16,23H,9H2,1-2H3,(H,24,26)(H,25,27)/t16-/m0/s1. The van der Waals surface area contributed by atoms with Gasteiger partial charge < -0.3 is 16.0 Å². The van der Waals surface area contributed by atoms with E-state index in [1.54, 1.807) is 6.07 Å². The van der Waals surface area contributed by atoms with E-state index < -0.39 is 23.7 Å². The fourth-order valence-electron chi connectivity index (χ4n) is 2.91. The van der Waals surface area contributed by atoms with Gasteiger partial charge in [-0.05, 0) is 43.7 Å². The van der Waals surface area contributed by atoms with Crippen LogP contribution >= 0.6 is 0 Å². The number of benzene rings is 2. The molecule has 1 atom stereocenters. The van der Waals surface area contributed by atoms with Gasteiger partial charge in [0.2, 0.25) is 11.8 Å². The number of nitrogens with one attached hydrogen (secondary N) is 3. The largest absolute Gasteiger partial charge is 0.416 e. The van der Waals surface area contributed by atoms with Crippen molar-refractivity contribution in [3.05, 3.63) is 53.1 Å². The highest BCUT2D eigenvalue weighted by molar-refractivity contribution is 6.06. The molecule has 2 amide bonds. The van der Waals surface area contributed by atoms with Gasteiger partial charge in [-0.25, -0.2) is 0 Å². The van der Waals surface area contributed by atoms with Gasteiger partial charge in [0, 0.05) is 5.69 Å². The van der Waals surface area contributed by atoms with E-state index >= 15 is 0 Å². The van der Waals surface area contributed by atoms with Crippen LogP contribution in [0.2, 0.25) is 0 Å². The first-order valence-electron chi connectivity index (χ1n) is 8.29. The summed E-state index contributed by atoms with van der Waals surface area (Å²) in [5.41, 5.74) is 2.14. The van der Waals surface area contributed by atoms with Crippen molar-refractivity contribution < 1.29 is 22.8 Å². The molecule has 8 heteroatoms. The minimum absolute atomic E-state index is 0.0425. The first-order valence-corrected chi connectivity index (χ1v) is 8.29. The molecule has 5 nitrogen and oxygen atoms in total. The summed E-state index contributed by atoms with van der Waals surface area (Å²) in [4.78, 5) is 24.5. The summed E-state index contributed by atoms with van der Waals surface area (Å²) in [5, 5.41) is 8.01. The highest BCUT2D eigenvalue weighted by Crippen LogP contribution is 2.35. The van der Waals surface area contributed by atoms with Crippen molar-refractivity contribution in [3.8, 4) is 0 Å². The van der Waals surface area contributed by atoms with Crippen molar-refractivity contribution in [3.63, 3.8) is 0 Å². The maximum Gasteiger partial charge on any atom is 0.416 e. The predicted molar refractivity (Wildman–Crippen MR) is 96.6 cm³/mol. The number of fused-ring (bicyclic) bond motifs is 1. The minimum Gasteiger partial charge on any atom is -0.372 e. The summed E-state index contributed by atoms with van der Waals surface area (Å²) < 4.78 is 38.3. The Morgan fingerprint density at radius 2 is 1.85 bits per heavy atom. The van der Waals surface area contributed by atoms with Gasteiger partial charge >= 0.3 is 6.18 Å². The van der Waals surface area contributed by atoms with Crippen LogP contribution in [-0.4, -0.2) is 17.9 Å². The molecular weight excluding hydrogens is 359 g/mol. The average Bonchev–Trinajstić information content (AvgIpc) is 2.57. The Morgan fingerprint density at radius 3 is 2.52 bits per heavy atom. The monoisotopic (exact) mass is 377 g/mol. The van der Waals surface area contributed by atoms with E-state index in [1.165, 1.54) is 6.07 Å². The van der Waals surface area contributed by atoms with Crippen LogP contribution in [-0.2, 0) is 15.8 Å². The lowest BCUT2D eigenvalue weighted by molar-refractivity contribution is -0.137. The minimum atomic E-state index is -4.50. The summed E-state index contributed by atoms with van der Waals surface area (Å²) >= 11 is 0. The average molecular weight is 377 g/mol. The van der Waals surface area contributed by atoms with E-state index in [9.17, 15) is 22.8 Å². The van der Waals surface area contributed by atoms with Gasteiger partial charge in [-0.15, -0.1) is 0 Å². The van der Waals surface area contributed by atoms with Gasteiger partial charge in [0.1, 0.15) is 6.04 Å². The third-order valence-corrected chi connectivity index (χ3v) is 4.30. The maximum absolute atomic E-state index is 12.8.